The number of hydrogen-bond donors (Lipinski definition) is 0. The minimum atomic E-state index is 0.630. The zero-order valence-corrected chi connectivity index (χ0v) is 11.2. The number of para-hydroxylation sites is 2. The molecule has 0 spiro atoms. The molecule has 2 aromatic rings. The third-order valence-corrected chi connectivity index (χ3v) is 3.17. The average molecular weight is 251 g/mol. The van der Waals surface area contributed by atoms with Gasteiger partial charge in [0, 0.05) is 18.8 Å². The molecule has 0 fully saturated rings. The fourth-order valence-corrected chi connectivity index (χ4v) is 2.21. The van der Waals surface area contributed by atoms with E-state index in [-0.39, 0.29) is 0 Å². The maximum absolute atomic E-state index is 5.84. The van der Waals surface area contributed by atoms with E-state index in [2.05, 4.69) is 41.6 Å². The number of aromatic nitrogens is 2. The van der Waals surface area contributed by atoms with Crippen LogP contribution in [0.4, 0.5) is 0 Å². The van der Waals surface area contributed by atoms with E-state index >= 15 is 0 Å². The van der Waals surface area contributed by atoms with Crippen molar-refractivity contribution in [1.29, 1.82) is 0 Å². The number of benzene rings is 1. The van der Waals surface area contributed by atoms with Crippen LogP contribution in [0.5, 0.6) is 0 Å². The van der Waals surface area contributed by atoms with Crippen molar-refractivity contribution < 1.29 is 0 Å². The molecule has 0 aliphatic carbocycles. The van der Waals surface area contributed by atoms with Gasteiger partial charge in [-0.3, -0.25) is 0 Å². The molecular weight excluding hydrogens is 232 g/mol. The summed E-state index contributed by atoms with van der Waals surface area (Å²) in [6.45, 7) is 5.53. The lowest BCUT2D eigenvalue weighted by Gasteiger charge is -2.10. The summed E-state index contributed by atoms with van der Waals surface area (Å²) in [4.78, 5) is 4.66. The molecule has 0 N–H and O–H groups in total. The summed E-state index contributed by atoms with van der Waals surface area (Å²) in [6, 6.07) is 8.31. The van der Waals surface area contributed by atoms with Gasteiger partial charge in [0.2, 0.25) is 0 Å². The minimum Gasteiger partial charge on any atom is -0.328 e. The van der Waals surface area contributed by atoms with Crippen LogP contribution in [-0.4, -0.2) is 15.4 Å². The van der Waals surface area contributed by atoms with Gasteiger partial charge in [-0.05, 0) is 24.5 Å². The van der Waals surface area contributed by atoms with Crippen molar-refractivity contribution in [2.24, 2.45) is 5.92 Å². The van der Waals surface area contributed by atoms with Crippen LogP contribution in [-0.2, 0) is 13.0 Å². The number of alkyl halides is 1. The molecule has 0 amide bonds. The topological polar surface area (TPSA) is 17.8 Å². The summed E-state index contributed by atoms with van der Waals surface area (Å²) < 4.78 is 2.32. The van der Waals surface area contributed by atoms with E-state index in [4.69, 9.17) is 11.6 Å². The third-order valence-electron chi connectivity index (χ3n) is 2.98. The van der Waals surface area contributed by atoms with Crippen LogP contribution in [0.25, 0.3) is 11.0 Å². The summed E-state index contributed by atoms with van der Waals surface area (Å²) in [6.07, 6.45) is 2.02. The van der Waals surface area contributed by atoms with E-state index < -0.39 is 0 Å². The standard InChI is InChI=1S/C14H19ClN2/c1-11(2)8-10-17-13-6-4-3-5-12(13)16-14(17)7-9-15/h3-6,11H,7-10H2,1-2H3. The van der Waals surface area contributed by atoms with Gasteiger partial charge in [-0.1, -0.05) is 26.0 Å². The highest BCUT2D eigenvalue weighted by molar-refractivity contribution is 6.17. The molecule has 17 heavy (non-hydrogen) atoms. The Labute approximate surface area is 108 Å². The summed E-state index contributed by atoms with van der Waals surface area (Å²) in [5, 5.41) is 0. The van der Waals surface area contributed by atoms with Gasteiger partial charge >= 0.3 is 0 Å². The molecule has 92 valence electrons. The van der Waals surface area contributed by atoms with Crippen LogP contribution in [0, 0.1) is 5.92 Å². The highest BCUT2D eigenvalue weighted by atomic mass is 35.5. The lowest BCUT2D eigenvalue weighted by atomic mass is 10.1. The summed E-state index contributed by atoms with van der Waals surface area (Å²) >= 11 is 5.84. The third kappa shape index (κ3) is 2.81. The molecule has 0 atom stereocenters. The molecule has 0 aliphatic rings. The lowest BCUT2D eigenvalue weighted by Crippen LogP contribution is -2.06. The first kappa shape index (κ1) is 12.4. The van der Waals surface area contributed by atoms with E-state index in [1.54, 1.807) is 0 Å². The number of aryl methyl sites for hydroxylation is 2. The molecule has 2 nitrogen and oxygen atoms in total. The van der Waals surface area contributed by atoms with Crippen molar-refractivity contribution in [3.8, 4) is 0 Å². The largest absolute Gasteiger partial charge is 0.328 e. The van der Waals surface area contributed by atoms with Crippen molar-refractivity contribution in [3.63, 3.8) is 0 Å². The fraction of sp³-hybridized carbons (Fsp3) is 0.500. The first-order valence-electron chi connectivity index (χ1n) is 6.22. The predicted molar refractivity (Wildman–Crippen MR) is 73.6 cm³/mol. The zero-order chi connectivity index (χ0) is 12.3. The SMILES string of the molecule is CC(C)CCn1c(CCCl)nc2ccccc21. The van der Waals surface area contributed by atoms with Gasteiger partial charge in [0.05, 0.1) is 11.0 Å². The first-order chi connectivity index (χ1) is 8.22. The van der Waals surface area contributed by atoms with Crippen molar-refractivity contribution in [1.82, 2.24) is 9.55 Å². The number of hydrogen-bond acceptors (Lipinski definition) is 1. The second kappa shape index (κ2) is 5.54. The molecule has 1 aromatic heterocycles. The molecule has 1 heterocycles. The van der Waals surface area contributed by atoms with Gasteiger partial charge in [0.25, 0.3) is 0 Å². The molecule has 2 rings (SSSR count). The molecule has 0 radical (unpaired) electrons. The average Bonchev–Trinajstić information content (AvgIpc) is 2.64. The molecule has 0 aliphatic heterocycles. The maximum Gasteiger partial charge on any atom is 0.111 e. The Morgan fingerprint density at radius 3 is 2.76 bits per heavy atom. The minimum absolute atomic E-state index is 0.630. The van der Waals surface area contributed by atoms with Gasteiger partial charge < -0.3 is 4.57 Å². The molecule has 0 saturated carbocycles. The summed E-state index contributed by atoms with van der Waals surface area (Å²) in [5.74, 6) is 2.45. The second-order valence-electron chi connectivity index (χ2n) is 4.79. The first-order valence-corrected chi connectivity index (χ1v) is 6.76. The van der Waals surface area contributed by atoms with E-state index in [0.717, 1.165) is 24.3 Å². The second-order valence-corrected chi connectivity index (χ2v) is 5.17. The summed E-state index contributed by atoms with van der Waals surface area (Å²) in [7, 11) is 0. The van der Waals surface area contributed by atoms with Gasteiger partial charge in [0.1, 0.15) is 5.82 Å². The van der Waals surface area contributed by atoms with Gasteiger partial charge in [0.15, 0.2) is 0 Å². The Balaban J connectivity index is 2.37. The fourth-order valence-electron chi connectivity index (χ4n) is 2.04. The molecule has 0 unspecified atom stereocenters. The van der Waals surface area contributed by atoms with E-state index in [1.165, 1.54) is 11.9 Å². The lowest BCUT2D eigenvalue weighted by molar-refractivity contribution is 0.513. The molecule has 0 saturated heterocycles. The van der Waals surface area contributed by atoms with Crippen LogP contribution in [0.15, 0.2) is 24.3 Å². The highest BCUT2D eigenvalue weighted by Gasteiger charge is 2.09. The molecule has 1 aromatic carbocycles. The Bertz CT molecular complexity index is 488. The summed E-state index contributed by atoms with van der Waals surface area (Å²) in [5.41, 5.74) is 2.31. The maximum atomic E-state index is 5.84. The van der Waals surface area contributed by atoms with Crippen molar-refractivity contribution in [2.45, 2.75) is 33.2 Å². The van der Waals surface area contributed by atoms with Crippen LogP contribution in [0.2, 0.25) is 0 Å². The van der Waals surface area contributed by atoms with Crippen molar-refractivity contribution >= 4 is 22.6 Å². The Morgan fingerprint density at radius 2 is 2.06 bits per heavy atom. The van der Waals surface area contributed by atoms with Gasteiger partial charge in [-0.15, -0.1) is 11.6 Å². The molecular formula is C14H19ClN2. The van der Waals surface area contributed by atoms with Crippen LogP contribution >= 0.6 is 11.6 Å². The number of imidazole rings is 1. The smallest absolute Gasteiger partial charge is 0.111 e. The number of rotatable bonds is 5. The number of halogens is 1. The van der Waals surface area contributed by atoms with Crippen LogP contribution in [0.3, 0.4) is 0 Å². The van der Waals surface area contributed by atoms with Crippen LogP contribution < -0.4 is 0 Å². The van der Waals surface area contributed by atoms with Gasteiger partial charge in [-0.2, -0.15) is 0 Å². The molecule has 3 heteroatoms. The van der Waals surface area contributed by atoms with Gasteiger partial charge in [-0.25, -0.2) is 4.98 Å². The monoisotopic (exact) mass is 250 g/mol. The zero-order valence-electron chi connectivity index (χ0n) is 10.5. The number of fused-ring (bicyclic) bond motifs is 1. The van der Waals surface area contributed by atoms with E-state index in [1.807, 2.05) is 6.07 Å². The van der Waals surface area contributed by atoms with E-state index in [9.17, 15) is 0 Å². The van der Waals surface area contributed by atoms with E-state index in [0.29, 0.717) is 11.8 Å². The normalized spacial score (nSPS) is 11.5. The highest BCUT2D eigenvalue weighted by Crippen LogP contribution is 2.18. The Kier molecular flexibility index (Phi) is 4.06. The van der Waals surface area contributed by atoms with Crippen molar-refractivity contribution in [3.05, 3.63) is 30.1 Å². The Morgan fingerprint density at radius 1 is 1.29 bits per heavy atom. The Hall–Kier alpha value is -1.02. The predicted octanol–water partition coefficient (Wildman–Crippen LogP) is 3.86. The van der Waals surface area contributed by atoms with Crippen molar-refractivity contribution in [2.75, 3.05) is 5.88 Å². The van der Waals surface area contributed by atoms with Crippen LogP contribution in [0.1, 0.15) is 26.1 Å². The molecule has 0 bridgehead atoms. The number of nitrogens with zero attached hydrogens (tertiary/aromatic N) is 2. The quantitative estimate of drug-likeness (QED) is 0.737.